The summed E-state index contributed by atoms with van der Waals surface area (Å²) in [7, 11) is 0. The molecule has 1 aromatic rings. The molecule has 0 saturated heterocycles. The maximum Gasteiger partial charge on any atom is 0.255 e. The van der Waals surface area contributed by atoms with Gasteiger partial charge in [-0.2, -0.15) is 0 Å². The topological polar surface area (TPSA) is 38.1 Å². The zero-order valence-corrected chi connectivity index (χ0v) is 14.0. The van der Waals surface area contributed by atoms with E-state index < -0.39 is 0 Å². The van der Waals surface area contributed by atoms with E-state index in [9.17, 15) is 0 Å². The number of hydrogen-bond acceptors (Lipinski definition) is 4. The van der Waals surface area contributed by atoms with Crippen LogP contribution in [-0.2, 0) is 0 Å². The molecule has 1 N–H and O–H groups in total. The Morgan fingerprint density at radius 3 is 2.80 bits per heavy atom. The molecule has 2 rings (SSSR count). The Morgan fingerprint density at radius 1 is 1.40 bits per heavy atom. The van der Waals surface area contributed by atoms with E-state index in [0.717, 1.165) is 17.7 Å². The van der Waals surface area contributed by atoms with Crippen molar-refractivity contribution >= 4 is 11.8 Å². The summed E-state index contributed by atoms with van der Waals surface area (Å²) < 4.78 is 5.43. The Kier molecular flexibility index (Phi) is 5.56. The molecule has 4 heteroatoms. The fraction of sp³-hybridized carbons (Fsp3) is 0.812. The van der Waals surface area contributed by atoms with Crippen LogP contribution in [-0.4, -0.2) is 22.8 Å². The first-order chi connectivity index (χ1) is 9.50. The second-order valence-electron chi connectivity index (χ2n) is 6.89. The summed E-state index contributed by atoms with van der Waals surface area (Å²) in [6.45, 7) is 10.4. The van der Waals surface area contributed by atoms with E-state index in [1.54, 1.807) is 12.5 Å². The Hall–Kier alpha value is -0.480. The van der Waals surface area contributed by atoms with Crippen molar-refractivity contribution in [1.82, 2.24) is 10.3 Å². The summed E-state index contributed by atoms with van der Waals surface area (Å²) in [5.74, 6) is 0.787. The summed E-state index contributed by atoms with van der Waals surface area (Å²) in [5.41, 5.74) is 0.394. The van der Waals surface area contributed by atoms with Gasteiger partial charge in [0.05, 0.1) is 6.20 Å². The highest BCUT2D eigenvalue weighted by molar-refractivity contribution is 7.99. The van der Waals surface area contributed by atoms with Crippen molar-refractivity contribution in [3.63, 3.8) is 0 Å². The van der Waals surface area contributed by atoms with Gasteiger partial charge in [0, 0.05) is 11.3 Å². The predicted molar refractivity (Wildman–Crippen MR) is 85.0 cm³/mol. The van der Waals surface area contributed by atoms with Crippen LogP contribution in [0, 0.1) is 11.3 Å². The molecule has 3 atom stereocenters. The lowest BCUT2D eigenvalue weighted by Gasteiger charge is -2.41. The molecule has 114 valence electrons. The molecule has 1 heterocycles. The largest absolute Gasteiger partial charge is 0.440 e. The van der Waals surface area contributed by atoms with Gasteiger partial charge in [-0.3, -0.25) is 0 Å². The molecule has 1 aliphatic rings. The highest BCUT2D eigenvalue weighted by atomic mass is 32.2. The van der Waals surface area contributed by atoms with Gasteiger partial charge in [0.15, 0.2) is 0 Å². The van der Waals surface area contributed by atoms with Crippen LogP contribution in [0.2, 0.25) is 0 Å². The third kappa shape index (κ3) is 4.26. The van der Waals surface area contributed by atoms with E-state index in [1.807, 2.05) is 11.8 Å². The molecule has 0 bridgehead atoms. The van der Waals surface area contributed by atoms with Crippen molar-refractivity contribution in [2.45, 2.75) is 69.9 Å². The Morgan fingerprint density at radius 2 is 2.20 bits per heavy atom. The van der Waals surface area contributed by atoms with Crippen molar-refractivity contribution in [3.8, 4) is 0 Å². The highest BCUT2D eigenvalue weighted by Crippen LogP contribution is 2.43. The SMILES string of the molecule is CCCNC1CCC(C(C)(C)C)CC1Sc1ncco1. The fourth-order valence-electron chi connectivity index (χ4n) is 3.01. The first-order valence-corrected chi connectivity index (χ1v) is 8.68. The van der Waals surface area contributed by atoms with E-state index in [4.69, 9.17) is 4.42 Å². The van der Waals surface area contributed by atoms with Crippen LogP contribution < -0.4 is 5.32 Å². The zero-order valence-electron chi connectivity index (χ0n) is 13.2. The molecule has 0 aromatic carbocycles. The first-order valence-electron chi connectivity index (χ1n) is 7.80. The molecule has 0 aliphatic heterocycles. The van der Waals surface area contributed by atoms with E-state index in [1.165, 1.54) is 25.7 Å². The van der Waals surface area contributed by atoms with Gasteiger partial charge in [-0.05, 0) is 43.6 Å². The molecular formula is C16H28N2OS. The van der Waals surface area contributed by atoms with Gasteiger partial charge >= 0.3 is 0 Å². The molecular weight excluding hydrogens is 268 g/mol. The van der Waals surface area contributed by atoms with Gasteiger partial charge in [-0.15, -0.1) is 0 Å². The summed E-state index contributed by atoms with van der Waals surface area (Å²) in [6.07, 6.45) is 8.43. The third-order valence-corrected chi connectivity index (χ3v) is 5.56. The lowest BCUT2D eigenvalue weighted by molar-refractivity contribution is 0.164. The minimum absolute atomic E-state index is 0.394. The van der Waals surface area contributed by atoms with Crippen LogP contribution in [0.1, 0.15) is 53.4 Å². The van der Waals surface area contributed by atoms with Crippen LogP contribution in [0.4, 0.5) is 0 Å². The molecule has 20 heavy (non-hydrogen) atoms. The first kappa shape index (κ1) is 15.9. The predicted octanol–water partition coefficient (Wildman–Crippen LogP) is 4.35. The van der Waals surface area contributed by atoms with E-state index in [0.29, 0.717) is 16.7 Å². The Bertz CT molecular complexity index is 386. The van der Waals surface area contributed by atoms with Crippen molar-refractivity contribution in [2.75, 3.05) is 6.54 Å². The number of oxazole rings is 1. The average Bonchev–Trinajstić information content (AvgIpc) is 2.89. The zero-order chi connectivity index (χ0) is 14.6. The monoisotopic (exact) mass is 296 g/mol. The number of thioether (sulfide) groups is 1. The van der Waals surface area contributed by atoms with Crippen LogP contribution >= 0.6 is 11.8 Å². The average molecular weight is 296 g/mol. The van der Waals surface area contributed by atoms with E-state index in [2.05, 4.69) is 38.0 Å². The Balaban J connectivity index is 2.02. The van der Waals surface area contributed by atoms with Gasteiger partial charge in [0.2, 0.25) is 0 Å². The van der Waals surface area contributed by atoms with Gasteiger partial charge in [0.25, 0.3) is 5.22 Å². The van der Waals surface area contributed by atoms with Crippen molar-refractivity contribution < 1.29 is 4.42 Å². The fourth-order valence-corrected chi connectivity index (χ4v) is 4.22. The normalized spacial score (nSPS) is 27.7. The molecule has 0 spiro atoms. The summed E-state index contributed by atoms with van der Waals surface area (Å²) in [6, 6.07) is 0.588. The molecule has 3 nitrogen and oxygen atoms in total. The third-order valence-electron chi connectivity index (χ3n) is 4.33. The molecule has 1 saturated carbocycles. The maximum atomic E-state index is 5.43. The van der Waals surface area contributed by atoms with Gasteiger partial charge in [-0.1, -0.05) is 39.5 Å². The van der Waals surface area contributed by atoms with Gasteiger partial charge < -0.3 is 9.73 Å². The standard InChI is InChI=1S/C16H28N2OS/c1-5-8-17-13-7-6-12(16(2,3)4)11-14(13)20-15-18-9-10-19-15/h9-10,12-14,17H,5-8,11H2,1-4H3. The summed E-state index contributed by atoms with van der Waals surface area (Å²) >= 11 is 1.81. The summed E-state index contributed by atoms with van der Waals surface area (Å²) in [5, 5.41) is 5.10. The molecule has 1 fully saturated rings. The van der Waals surface area contributed by atoms with Crippen molar-refractivity contribution in [3.05, 3.63) is 12.5 Å². The smallest absolute Gasteiger partial charge is 0.255 e. The van der Waals surface area contributed by atoms with Gasteiger partial charge in [-0.25, -0.2) is 4.98 Å². The second kappa shape index (κ2) is 6.99. The maximum absolute atomic E-state index is 5.43. The number of hydrogen-bond donors (Lipinski definition) is 1. The van der Waals surface area contributed by atoms with Crippen LogP contribution in [0.25, 0.3) is 0 Å². The van der Waals surface area contributed by atoms with Crippen LogP contribution in [0.5, 0.6) is 0 Å². The number of nitrogens with zero attached hydrogens (tertiary/aromatic N) is 1. The molecule has 0 radical (unpaired) electrons. The quantitative estimate of drug-likeness (QED) is 0.876. The second-order valence-corrected chi connectivity index (χ2v) is 8.08. The number of nitrogens with one attached hydrogen (secondary N) is 1. The van der Waals surface area contributed by atoms with E-state index in [-0.39, 0.29) is 0 Å². The van der Waals surface area contributed by atoms with Crippen LogP contribution in [0.15, 0.2) is 22.1 Å². The molecule has 1 aliphatic carbocycles. The number of aromatic nitrogens is 1. The number of rotatable bonds is 5. The lowest BCUT2D eigenvalue weighted by Crippen LogP contribution is -2.45. The minimum atomic E-state index is 0.394. The Labute approximate surface area is 127 Å². The molecule has 1 aromatic heterocycles. The van der Waals surface area contributed by atoms with Crippen molar-refractivity contribution in [1.29, 1.82) is 0 Å². The summed E-state index contributed by atoms with van der Waals surface area (Å²) in [4.78, 5) is 4.28. The lowest BCUT2D eigenvalue weighted by atomic mass is 9.71. The van der Waals surface area contributed by atoms with Gasteiger partial charge in [0.1, 0.15) is 6.26 Å². The molecule has 3 unspecified atom stereocenters. The highest BCUT2D eigenvalue weighted by Gasteiger charge is 2.36. The van der Waals surface area contributed by atoms with Crippen molar-refractivity contribution in [2.24, 2.45) is 11.3 Å². The molecule has 0 amide bonds. The van der Waals surface area contributed by atoms with E-state index >= 15 is 0 Å². The van der Waals surface area contributed by atoms with Crippen LogP contribution in [0.3, 0.4) is 0 Å². The minimum Gasteiger partial charge on any atom is -0.440 e.